The van der Waals surface area contributed by atoms with E-state index in [0.717, 1.165) is 18.9 Å². The van der Waals surface area contributed by atoms with E-state index in [1.807, 2.05) is 0 Å². The molecular weight excluding hydrogens is 414 g/mol. The highest BCUT2D eigenvalue weighted by atomic mass is 16.4. The number of hydrogen-bond donors (Lipinski definition) is 5. The van der Waals surface area contributed by atoms with Crippen molar-refractivity contribution < 1.29 is 29.7 Å². The monoisotopic (exact) mass is 439 g/mol. The molecule has 0 spiro atoms. The topological polar surface area (TPSA) is 148 Å². The molecule has 0 saturated heterocycles. The van der Waals surface area contributed by atoms with Crippen LogP contribution in [0.2, 0.25) is 0 Å². The summed E-state index contributed by atoms with van der Waals surface area (Å²) in [5.41, 5.74) is 3.76. The number of phenols is 2. The summed E-state index contributed by atoms with van der Waals surface area (Å²) in [5.74, 6) is -3.68. The van der Waals surface area contributed by atoms with Crippen LogP contribution < -0.4 is 10.7 Å². The molecule has 2 aromatic carbocycles. The van der Waals surface area contributed by atoms with Crippen LogP contribution in [-0.4, -0.2) is 38.8 Å². The van der Waals surface area contributed by atoms with Gasteiger partial charge in [-0.05, 0) is 55.7 Å². The summed E-state index contributed by atoms with van der Waals surface area (Å²) in [6, 6.07) is 10.4. The fraction of sp³-hybridized carbons (Fsp3) is 0.304. The molecule has 1 saturated carbocycles. The molecule has 2 atom stereocenters. The van der Waals surface area contributed by atoms with Gasteiger partial charge in [-0.25, -0.2) is 5.43 Å². The van der Waals surface area contributed by atoms with Gasteiger partial charge >= 0.3 is 5.97 Å². The molecule has 32 heavy (non-hydrogen) atoms. The molecule has 1 fully saturated rings. The van der Waals surface area contributed by atoms with Crippen LogP contribution in [0.15, 0.2) is 47.6 Å². The Bertz CT molecular complexity index is 1070. The minimum Gasteiger partial charge on any atom is -0.508 e. The number of phenolic OH excluding ortho intramolecular Hbond substituents is 2. The van der Waals surface area contributed by atoms with Gasteiger partial charge in [0.25, 0.3) is 5.91 Å². The van der Waals surface area contributed by atoms with Gasteiger partial charge in [0.15, 0.2) is 0 Å². The summed E-state index contributed by atoms with van der Waals surface area (Å²) in [6.07, 6.45) is 2.66. The van der Waals surface area contributed by atoms with E-state index < -0.39 is 23.7 Å². The molecule has 0 unspecified atom stereocenters. The van der Waals surface area contributed by atoms with Crippen molar-refractivity contribution in [3.05, 3.63) is 53.6 Å². The van der Waals surface area contributed by atoms with E-state index in [1.54, 1.807) is 31.2 Å². The fourth-order valence-electron chi connectivity index (χ4n) is 3.76. The molecule has 1 aliphatic rings. The summed E-state index contributed by atoms with van der Waals surface area (Å²) in [7, 11) is 0. The van der Waals surface area contributed by atoms with Crippen LogP contribution in [0.3, 0.4) is 0 Å². The number of carbonyl (C=O) groups excluding carboxylic acids is 2. The van der Waals surface area contributed by atoms with E-state index >= 15 is 0 Å². The smallest absolute Gasteiger partial charge is 0.307 e. The Hall–Kier alpha value is -3.88. The molecule has 3 rings (SSSR count). The number of nitrogens with zero attached hydrogens (tertiary/aromatic N) is 1. The Morgan fingerprint density at radius 2 is 1.72 bits per heavy atom. The number of amides is 2. The molecule has 9 heteroatoms. The van der Waals surface area contributed by atoms with Crippen LogP contribution in [0.5, 0.6) is 11.5 Å². The van der Waals surface area contributed by atoms with E-state index in [1.165, 1.54) is 12.1 Å². The molecule has 9 nitrogen and oxygen atoms in total. The number of benzene rings is 2. The third kappa shape index (κ3) is 5.42. The number of hydrazone groups is 1. The number of rotatable bonds is 6. The van der Waals surface area contributed by atoms with Gasteiger partial charge in [0.2, 0.25) is 5.91 Å². The Balaban J connectivity index is 1.69. The summed E-state index contributed by atoms with van der Waals surface area (Å²) < 4.78 is 0. The van der Waals surface area contributed by atoms with Gasteiger partial charge < -0.3 is 20.6 Å². The van der Waals surface area contributed by atoms with Crippen molar-refractivity contribution in [2.45, 2.75) is 32.6 Å². The number of aromatic hydroxyl groups is 2. The summed E-state index contributed by atoms with van der Waals surface area (Å²) >= 11 is 0. The lowest BCUT2D eigenvalue weighted by Crippen LogP contribution is -2.36. The lowest BCUT2D eigenvalue weighted by Gasteiger charge is -2.27. The second-order valence-corrected chi connectivity index (χ2v) is 7.75. The molecule has 1 aliphatic carbocycles. The third-order valence-electron chi connectivity index (χ3n) is 5.52. The van der Waals surface area contributed by atoms with Crippen molar-refractivity contribution in [2.75, 3.05) is 5.32 Å². The normalized spacial score (nSPS) is 18.6. The average Bonchev–Trinajstić information content (AvgIpc) is 2.78. The molecule has 2 aromatic rings. The maximum Gasteiger partial charge on any atom is 0.307 e. The van der Waals surface area contributed by atoms with Crippen LogP contribution in [0.1, 0.15) is 48.5 Å². The summed E-state index contributed by atoms with van der Waals surface area (Å²) in [5, 5.41) is 35.5. The van der Waals surface area contributed by atoms with Gasteiger partial charge in [0.1, 0.15) is 11.5 Å². The Labute approximate surface area is 184 Å². The molecule has 0 aromatic heterocycles. The highest BCUT2D eigenvalue weighted by molar-refractivity contribution is 6.03. The minimum atomic E-state index is -0.949. The predicted octanol–water partition coefficient (Wildman–Crippen LogP) is 3.08. The molecule has 0 bridgehead atoms. The van der Waals surface area contributed by atoms with Gasteiger partial charge in [-0.2, -0.15) is 5.10 Å². The lowest BCUT2D eigenvalue weighted by atomic mass is 9.78. The quantitative estimate of drug-likeness (QED) is 0.265. The van der Waals surface area contributed by atoms with E-state index in [-0.39, 0.29) is 23.0 Å². The van der Waals surface area contributed by atoms with Gasteiger partial charge in [-0.15, -0.1) is 0 Å². The largest absolute Gasteiger partial charge is 0.508 e. The summed E-state index contributed by atoms with van der Waals surface area (Å²) in [6.45, 7) is 1.66. The number of hydrogen-bond acceptors (Lipinski definition) is 6. The number of carbonyl (C=O) groups is 3. The lowest BCUT2D eigenvalue weighted by molar-refractivity contribution is -0.147. The highest BCUT2D eigenvalue weighted by Gasteiger charge is 2.35. The predicted molar refractivity (Wildman–Crippen MR) is 118 cm³/mol. The van der Waals surface area contributed by atoms with Crippen LogP contribution >= 0.6 is 0 Å². The minimum absolute atomic E-state index is 0.122. The first-order valence-corrected chi connectivity index (χ1v) is 10.3. The van der Waals surface area contributed by atoms with E-state index in [9.17, 15) is 29.7 Å². The molecule has 168 valence electrons. The van der Waals surface area contributed by atoms with Crippen molar-refractivity contribution in [1.29, 1.82) is 0 Å². The van der Waals surface area contributed by atoms with Crippen LogP contribution in [-0.2, 0) is 9.59 Å². The number of nitrogens with one attached hydrogen (secondary N) is 2. The molecular formula is C23H25N3O6. The summed E-state index contributed by atoms with van der Waals surface area (Å²) in [4.78, 5) is 36.4. The zero-order chi connectivity index (χ0) is 23.3. The first-order chi connectivity index (χ1) is 15.3. The first-order valence-electron chi connectivity index (χ1n) is 10.3. The number of carboxylic acids is 1. The number of anilines is 1. The van der Waals surface area contributed by atoms with Crippen molar-refractivity contribution in [2.24, 2.45) is 16.9 Å². The molecule has 0 aliphatic heterocycles. The van der Waals surface area contributed by atoms with Crippen LogP contribution in [0, 0.1) is 11.8 Å². The van der Waals surface area contributed by atoms with Crippen molar-refractivity contribution in [1.82, 2.24) is 5.43 Å². The number of aliphatic carboxylic acids is 1. The van der Waals surface area contributed by atoms with E-state index in [0.29, 0.717) is 29.8 Å². The van der Waals surface area contributed by atoms with Gasteiger partial charge in [0.05, 0.1) is 23.1 Å². The maximum atomic E-state index is 12.7. The van der Waals surface area contributed by atoms with Crippen molar-refractivity contribution in [3.8, 4) is 11.5 Å². The zero-order valence-electron chi connectivity index (χ0n) is 17.5. The van der Waals surface area contributed by atoms with Crippen molar-refractivity contribution in [3.63, 3.8) is 0 Å². The zero-order valence-corrected chi connectivity index (χ0v) is 17.5. The van der Waals surface area contributed by atoms with E-state index in [4.69, 9.17) is 0 Å². The SMILES string of the molecule is C/C(=N/NC(=O)c1cc(O)ccc1O)c1cccc(NC(=O)[C@H]2CCCC[C@@H]2C(=O)O)c1. The average molecular weight is 439 g/mol. The Morgan fingerprint density at radius 1 is 1.00 bits per heavy atom. The third-order valence-corrected chi connectivity index (χ3v) is 5.52. The van der Waals surface area contributed by atoms with Gasteiger partial charge in [-0.3, -0.25) is 14.4 Å². The standard InChI is InChI=1S/C23H25N3O6/c1-13(25-26-22(30)19-12-16(27)9-10-20(19)28)14-5-4-6-15(11-14)24-21(29)17-7-2-3-8-18(17)23(31)32/h4-6,9-12,17-18,27-28H,2-3,7-8H2,1H3,(H,24,29)(H,26,30)(H,31,32)/b25-13-/t17-,18-/m0/s1. The molecule has 5 N–H and O–H groups in total. The highest BCUT2D eigenvalue weighted by Crippen LogP contribution is 2.31. The number of carboxylic acid groups (broad SMARTS) is 1. The van der Waals surface area contributed by atoms with E-state index in [2.05, 4.69) is 15.8 Å². The second kappa shape index (κ2) is 9.95. The van der Waals surface area contributed by atoms with Crippen molar-refractivity contribution >= 4 is 29.2 Å². The second-order valence-electron chi connectivity index (χ2n) is 7.75. The molecule has 0 radical (unpaired) electrons. The Kier molecular flexibility index (Phi) is 7.09. The first kappa shape index (κ1) is 22.8. The van der Waals surface area contributed by atoms with Gasteiger partial charge in [-0.1, -0.05) is 25.0 Å². The molecule has 2 amide bonds. The van der Waals surface area contributed by atoms with Crippen LogP contribution in [0.25, 0.3) is 0 Å². The molecule has 0 heterocycles. The van der Waals surface area contributed by atoms with Gasteiger partial charge in [0, 0.05) is 5.69 Å². The fourth-order valence-corrected chi connectivity index (χ4v) is 3.76. The Morgan fingerprint density at radius 3 is 2.44 bits per heavy atom. The van der Waals surface area contributed by atoms with Crippen LogP contribution in [0.4, 0.5) is 5.69 Å². The maximum absolute atomic E-state index is 12.7.